The number of hydrogen-bond donors (Lipinski definition) is 2. The Hall–Kier alpha value is -0.760. The zero-order valence-corrected chi connectivity index (χ0v) is 11.3. The van der Waals surface area contributed by atoms with Gasteiger partial charge in [-0.3, -0.25) is 0 Å². The van der Waals surface area contributed by atoms with Crippen molar-refractivity contribution in [3.63, 3.8) is 0 Å². The lowest BCUT2D eigenvalue weighted by Gasteiger charge is -2.15. The minimum absolute atomic E-state index is 0. The van der Waals surface area contributed by atoms with Gasteiger partial charge in [-0.1, -0.05) is 29.3 Å². The molecular weight excluding hydrogens is 291 g/mol. The molecule has 0 radical (unpaired) electrons. The molecule has 0 bridgehead atoms. The van der Waals surface area contributed by atoms with E-state index in [9.17, 15) is 5.11 Å². The molecule has 3 nitrogen and oxygen atoms in total. The van der Waals surface area contributed by atoms with Crippen molar-refractivity contribution in [2.24, 2.45) is 5.73 Å². The molecule has 0 aliphatic rings. The monoisotopic (exact) mass is 304 g/mol. The summed E-state index contributed by atoms with van der Waals surface area (Å²) in [5, 5.41) is 18.6. The Morgan fingerprint density at radius 2 is 2.19 bits per heavy atom. The summed E-state index contributed by atoms with van der Waals surface area (Å²) in [6.45, 7) is 2.03. The third-order valence-electron chi connectivity index (χ3n) is 2.25. The zero-order valence-electron chi connectivity index (χ0n) is 8.90. The normalized spacial score (nSPS) is 11.4. The third kappa shape index (κ3) is 3.11. The highest BCUT2D eigenvalue weighted by molar-refractivity contribution is 9.10. The number of aromatic hydroxyl groups is 1. The van der Waals surface area contributed by atoms with E-state index in [2.05, 4.69) is 15.9 Å². The van der Waals surface area contributed by atoms with Crippen LogP contribution in [0.4, 0.5) is 0 Å². The summed E-state index contributed by atoms with van der Waals surface area (Å²) in [4.78, 5) is 0. The van der Waals surface area contributed by atoms with Gasteiger partial charge in [-0.25, -0.2) is 0 Å². The van der Waals surface area contributed by atoms with Crippen molar-refractivity contribution in [3.05, 3.63) is 27.7 Å². The van der Waals surface area contributed by atoms with Gasteiger partial charge in [0, 0.05) is 16.1 Å². The fraction of sp³-hybridized carbons (Fsp3) is 0.364. The van der Waals surface area contributed by atoms with Crippen molar-refractivity contribution in [1.82, 2.24) is 0 Å². The van der Waals surface area contributed by atoms with E-state index >= 15 is 0 Å². The lowest BCUT2D eigenvalue weighted by atomic mass is 10.00. The van der Waals surface area contributed by atoms with Crippen LogP contribution in [0.3, 0.4) is 0 Å². The van der Waals surface area contributed by atoms with Crippen LogP contribution >= 0.6 is 28.3 Å². The number of nitriles is 1. The first-order chi connectivity index (χ1) is 7.11. The Bertz CT molecular complexity index is 404. The third-order valence-corrected chi connectivity index (χ3v) is 2.95. The molecule has 0 aliphatic heterocycles. The average molecular weight is 306 g/mol. The van der Waals surface area contributed by atoms with Crippen molar-refractivity contribution < 1.29 is 5.11 Å². The highest BCUT2D eigenvalue weighted by atomic mass is 79.9. The molecule has 16 heavy (non-hydrogen) atoms. The molecule has 0 unspecified atom stereocenters. The van der Waals surface area contributed by atoms with Gasteiger partial charge in [-0.05, 0) is 18.6 Å². The molecule has 0 aliphatic carbocycles. The Morgan fingerprint density at radius 3 is 2.69 bits per heavy atom. The summed E-state index contributed by atoms with van der Waals surface area (Å²) in [6.07, 6.45) is 1.71. The lowest BCUT2D eigenvalue weighted by molar-refractivity contribution is 0.455. The first-order valence-corrected chi connectivity index (χ1v) is 5.58. The highest BCUT2D eigenvalue weighted by Gasteiger charge is 2.16. The van der Waals surface area contributed by atoms with Crippen molar-refractivity contribution in [2.45, 2.75) is 25.8 Å². The van der Waals surface area contributed by atoms with E-state index in [-0.39, 0.29) is 29.8 Å². The maximum atomic E-state index is 9.83. The van der Waals surface area contributed by atoms with Gasteiger partial charge in [0.15, 0.2) is 0 Å². The molecule has 5 heteroatoms. The van der Waals surface area contributed by atoms with Gasteiger partial charge in [-0.15, -0.1) is 12.4 Å². The van der Waals surface area contributed by atoms with Crippen LogP contribution in [0.2, 0.25) is 0 Å². The van der Waals surface area contributed by atoms with E-state index in [1.165, 1.54) is 0 Å². The molecule has 1 atom stereocenters. The predicted octanol–water partition coefficient (Wildman–Crippen LogP) is 3.25. The van der Waals surface area contributed by atoms with Crippen LogP contribution in [-0.4, -0.2) is 5.11 Å². The Balaban J connectivity index is 0.00000225. The maximum absolute atomic E-state index is 9.83. The standard InChI is InChI=1S/C11H13BrN2O.ClH/c1-2-3-9(14)10-8(12)5-4-7(6-13)11(10)15;/h4-5,9,15H,2-3,14H2,1H3;1H/t9-;/m0./s1. The number of phenolic OH excluding ortho intramolecular Hbond substituents is 1. The molecule has 0 aromatic heterocycles. The van der Waals surface area contributed by atoms with Gasteiger partial charge in [0.1, 0.15) is 11.8 Å². The molecule has 0 saturated carbocycles. The first-order valence-electron chi connectivity index (χ1n) is 4.78. The molecule has 1 rings (SSSR count). The van der Waals surface area contributed by atoms with Crippen LogP contribution in [0.15, 0.2) is 16.6 Å². The van der Waals surface area contributed by atoms with E-state index in [1.807, 2.05) is 13.0 Å². The second-order valence-electron chi connectivity index (χ2n) is 3.36. The number of nitrogens with two attached hydrogens (primary N) is 1. The molecule has 0 spiro atoms. The number of hydrogen-bond acceptors (Lipinski definition) is 3. The van der Waals surface area contributed by atoms with Gasteiger partial charge >= 0.3 is 0 Å². The molecule has 88 valence electrons. The summed E-state index contributed by atoms with van der Waals surface area (Å²) >= 11 is 3.33. The molecule has 0 saturated heterocycles. The van der Waals surface area contributed by atoms with E-state index < -0.39 is 0 Å². The zero-order chi connectivity index (χ0) is 11.4. The fourth-order valence-electron chi connectivity index (χ4n) is 1.48. The van der Waals surface area contributed by atoms with Gasteiger partial charge in [0.25, 0.3) is 0 Å². The van der Waals surface area contributed by atoms with Gasteiger partial charge in [-0.2, -0.15) is 5.26 Å². The maximum Gasteiger partial charge on any atom is 0.139 e. The van der Waals surface area contributed by atoms with E-state index in [0.29, 0.717) is 5.56 Å². The second-order valence-corrected chi connectivity index (χ2v) is 4.22. The number of phenols is 1. The number of benzene rings is 1. The largest absolute Gasteiger partial charge is 0.506 e. The first kappa shape index (κ1) is 15.2. The minimum Gasteiger partial charge on any atom is -0.506 e. The number of rotatable bonds is 3. The van der Waals surface area contributed by atoms with Crippen molar-refractivity contribution in [3.8, 4) is 11.8 Å². The van der Waals surface area contributed by atoms with Crippen molar-refractivity contribution >= 4 is 28.3 Å². The topological polar surface area (TPSA) is 70.0 Å². The minimum atomic E-state index is -0.238. The fourth-order valence-corrected chi connectivity index (χ4v) is 2.10. The molecule has 0 amide bonds. The highest BCUT2D eigenvalue weighted by Crippen LogP contribution is 2.34. The molecule has 3 N–H and O–H groups in total. The Labute approximate surface area is 110 Å². The summed E-state index contributed by atoms with van der Waals surface area (Å²) in [5.41, 5.74) is 6.82. The summed E-state index contributed by atoms with van der Waals surface area (Å²) in [7, 11) is 0. The second kappa shape index (κ2) is 6.74. The van der Waals surface area contributed by atoms with Crippen LogP contribution in [0, 0.1) is 11.3 Å². The Kier molecular flexibility index (Phi) is 6.42. The average Bonchev–Trinajstić information content (AvgIpc) is 2.18. The van der Waals surface area contributed by atoms with Crippen LogP contribution in [-0.2, 0) is 0 Å². The summed E-state index contributed by atoms with van der Waals surface area (Å²) in [6, 6.07) is 5.01. The molecular formula is C11H14BrClN2O. The van der Waals surface area contributed by atoms with E-state index in [1.54, 1.807) is 12.1 Å². The van der Waals surface area contributed by atoms with Crippen LogP contribution in [0.25, 0.3) is 0 Å². The molecule has 1 aromatic rings. The summed E-state index contributed by atoms with van der Waals surface area (Å²) < 4.78 is 0.750. The van der Waals surface area contributed by atoms with Crippen molar-refractivity contribution in [2.75, 3.05) is 0 Å². The van der Waals surface area contributed by atoms with Gasteiger partial charge in [0.05, 0.1) is 5.56 Å². The molecule has 0 heterocycles. The van der Waals surface area contributed by atoms with E-state index in [4.69, 9.17) is 11.0 Å². The lowest BCUT2D eigenvalue weighted by Crippen LogP contribution is -2.11. The van der Waals surface area contributed by atoms with Crippen LogP contribution in [0.1, 0.15) is 36.9 Å². The van der Waals surface area contributed by atoms with Crippen molar-refractivity contribution in [1.29, 1.82) is 5.26 Å². The SMILES string of the molecule is CCC[C@H](N)c1c(Br)ccc(C#N)c1O.Cl. The predicted molar refractivity (Wildman–Crippen MR) is 69.6 cm³/mol. The summed E-state index contributed by atoms with van der Waals surface area (Å²) in [5.74, 6) is -0.00664. The van der Waals surface area contributed by atoms with Gasteiger partial charge in [0.2, 0.25) is 0 Å². The smallest absolute Gasteiger partial charge is 0.139 e. The number of nitrogens with zero attached hydrogens (tertiary/aromatic N) is 1. The van der Waals surface area contributed by atoms with Crippen LogP contribution in [0.5, 0.6) is 5.75 Å². The quantitative estimate of drug-likeness (QED) is 0.900. The molecule has 1 aromatic carbocycles. The molecule has 0 fully saturated rings. The van der Waals surface area contributed by atoms with Gasteiger partial charge < -0.3 is 10.8 Å². The van der Waals surface area contributed by atoms with E-state index in [0.717, 1.165) is 17.3 Å². The number of halogens is 2. The Morgan fingerprint density at radius 1 is 1.56 bits per heavy atom. The van der Waals surface area contributed by atoms with Crippen LogP contribution < -0.4 is 5.73 Å².